The topological polar surface area (TPSA) is 76.1 Å². The van der Waals surface area contributed by atoms with Crippen LogP contribution >= 0.6 is 0 Å². The van der Waals surface area contributed by atoms with Crippen LogP contribution in [0.4, 0.5) is 0 Å². The van der Waals surface area contributed by atoms with E-state index in [1.54, 1.807) is 24.3 Å². The lowest BCUT2D eigenvalue weighted by Gasteiger charge is -2.15. The lowest BCUT2D eigenvalue weighted by molar-refractivity contribution is -0.144. The van der Waals surface area contributed by atoms with Crippen LogP contribution in [0.15, 0.2) is 24.3 Å². The van der Waals surface area contributed by atoms with Crippen molar-refractivity contribution in [3.63, 3.8) is 0 Å². The highest BCUT2D eigenvalue weighted by Gasteiger charge is 2.12. The molecule has 18 heavy (non-hydrogen) atoms. The molecule has 6 heteroatoms. The fourth-order valence-electron chi connectivity index (χ4n) is 1.24. The van der Waals surface area contributed by atoms with Crippen molar-refractivity contribution in [3.8, 4) is 11.5 Å². The Bertz CT molecular complexity index is 432. The standard InChI is InChI=1S/C12H15NO5/c1-13(7-12(15)16)11(14)8-18-10-5-3-4-9(6-10)17-2/h3-6H,7-8H2,1-2H3,(H,15,16). The molecule has 0 aliphatic carbocycles. The van der Waals surface area contributed by atoms with Gasteiger partial charge in [-0.25, -0.2) is 0 Å². The molecule has 1 N–H and O–H groups in total. The van der Waals surface area contributed by atoms with E-state index in [-0.39, 0.29) is 13.2 Å². The molecule has 0 spiro atoms. The SMILES string of the molecule is COc1cccc(OCC(=O)N(C)CC(=O)O)c1. The molecule has 0 fully saturated rings. The summed E-state index contributed by atoms with van der Waals surface area (Å²) in [5.41, 5.74) is 0. The van der Waals surface area contributed by atoms with Crippen LogP contribution in [-0.2, 0) is 9.59 Å². The number of hydrogen-bond acceptors (Lipinski definition) is 4. The molecule has 6 nitrogen and oxygen atoms in total. The summed E-state index contributed by atoms with van der Waals surface area (Å²) >= 11 is 0. The fourth-order valence-corrected chi connectivity index (χ4v) is 1.24. The van der Waals surface area contributed by atoms with Gasteiger partial charge in [0.2, 0.25) is 0 Å². The molecule has 0 saturated heterocycles. The van der Waals surface area contributed by atoms with E-state index in [1.165, 1.54) is 14.2 Å². The van der Waals surface area contributed by atoms with E-state index in [0.29, 0.717) is 11.5 Å². The molecule has 0 heterocycles. The molecule has 0 atom stereocenters. The summed E-state index contributed by atoms with van der Waals surface area (Å²) in [4.78, 5) is 23.0. The van der Waals surface area contributed by atoms with Gasteiger partial charge in [0.1, 0.15) is 18.0 Å². The third-order valence-corrected chi connectivity index (χ3v) is 2.20. The summed E-state index contributed by atoms with van der Waals surface area (Å²) in [6.07, 6.45) is 0. The average Bonchev–Trinajstić information content (AvgIpc) is 2.35. The van der Waals surface area contributed by atoms with Crippen molar-refractivity contribution >= 4 is 11.9 Å². The number of nitrogens with zero attached hydrogens (tertiary/aromatic N) is 1. The summed E-state index contributed by atoms with van der Waals surface area (Å²) in [5, 5.41) is 8.54. The number of likely N-dealkylation sites (N-methyl/N-ethyl adjacent to an activating group) is 1. The van der Waals surface area contributed by atoms with Gasteiger partial charge >= 0.3 is 5.97 Å². The lowest BCUT2D eigenvalue weighted by Crippen LogP contribution is -2.35. The first-order valence-electron chi connectivity index (χ1n) is 5.25. The van der Waals surface area contributed by atoms with E-state index >= 15 is 0 Å². The maximum absolute atomic E-state index is 11.5. The predicted octanol–water partition coefficient (Wildman–Crippen LogP) is 0.617. The van der Waals surface area contributed by atoms with E-state index in [1.807, 2.05) is 0 Å². The number of ether oxygens (including phenoxy) is 2. The van der Waals surface area contributed by atoms with Crippen LogP contribution in [0.5, 0.6) is 11.5 Å². The number of carboxylic acid groups (broad SMARTS) is 1. The van der Waals surface area contributed by atoms with Crippen molar-refractivity contribution in [2.45, 2.75) is 0 Å². The van der Waals surface area contributed by atoms with Crippen molar-refractivity contribution in [3.05, 3.63) is 24.3 Å². The van der Waals surface area contributed by atoms with Crippen LogP contribution < -0.4 is 9.47 Å². The summed E-state index contributed by atoms with van der Waals surface area (Å²) in [6, 6.07) is 6.82. The number of amides is 1. The van der Waals surface area contributed by atoms with Crippen molar-refractivity contribution in [2.75, 3.05) is 27.3 Å². The molecule has 98 valence electrons. The number of benzene rings is 1. The normalized spacial score (nSPS) is 9.67. The summed E-state index contributed by atoms with van der Waals surface area (Å²) in [6.45, 7) is -0.558. The summed E-state index contributed by atoms with van der Waals surface area (Å²) in [5.74, 6) is -0.349. The molecule has 0 bridgehead atoms. The first-order chi connectivity index (χ1) is 8.52. The summed E-state index contributed by atoms with van der Waals surface area (Å²) in [7, 11) is 2.94. The zero-order valence-corrected chi connectivity index (χ0v) is 10.3. The molecule has 1 amide bonds. The highest BCUT2D eigenvalue weighted by Crippen LogP contribution is 2.18. The fraction of sp³-hybridized carbons (Fsp3) is 0.333. The second-order valence-electron chi connectivity index (χ2n) is 3.61. The van der Waals surface area contributed by atoms with E-state index in [2.05, 4.69) is 0 Å². The molecular weight excluding hydrogens is 238 g/mol. The Hall–Kier alpha value is -2.24. The zero-order chi connectivity index (χ0) is 13.5. The first kappa shape index (κ1) is 13.8. The maximum Gasteiger partial charge on any atom is 0.323 e. The van der Waals surface area contributed by atoms with Gasteiger partial charge < -0.3 is 19.5 Å². The predicted molar refractivity (Wildman–Crippen MR) is 63.8 cm³/mol. The molecule has 1 aromatic carbocycles. The van der Waals surface area contributed by atoms with Crippen LogP contribution in [0, 0.1) is 0 Å². The van der Waals surface area contributed by atoms with Gasteiger partial charge in [-0.1, -0.05) is 6.07 Å². The Morgan fingerprint density at radius 3 is 2.61 bits per heavy atom. The first-order valence-corrected chi connectivity index (χ1v) is 5.25. The van der Waals surface area contributed by atoms with Crippen LogP contribution in [0.25, 0.3) is 0 Å². The van der Waals surface area contributed by atoms with Gasteiger partial charge in [0.25, 0.3) is 5.91 Å². The number of hydrogen-bond donors (Lipinski definition) is 1. The van der Waals surface area contributed by atoms with Crippen molar-refractivity contribution in [2.24, 2.45) is 0 Å². The molecular formula is C12H15NO5. The largest absolute Gasteiger partial charge is 0.497 e. The van der Waals surface area contributed by atoms with Crippen LogP contribution in [0.2, 0.25) is 0 Å². The Morgan fingerprint density at radius 2 is 2.00 bits per heavy atom. The van der Waals surface area contributed by atoms with E-state index in [4.69, 9.17) is 14.6 Å². The second-order valence-corrected chi connectivity index (χ2v) is 3.61. The minimum absolute atomic E-state index is 0.211. The van der Waals surface area contributed by atoms with Gasteiger partial charge in [-0.3, -0.25) is 9.59 Å². The number of methoxy groups -OCH3 is 1. The molecule has 0 saturated carbocycles. The van der Waals surface area contributed by atoms with Crippen LogP contribution in [0.3, 0.4) is 0 Å². The third-order valence-electron chi connectivity index (χ3n) is 2.20. The summed E-state index contributed by atoms with van der Waals surface area (Å²) < 4.78 is 10.3. The van der Waals surface area contributed by atoms with Crippen LogP contribution in [-0.4, -0.2) is 49.2 Å². The number of carbonyl (C=O) groups is 2. The average molecular weight is 253 g/mol. The molecule has 0 aliphatic heterocycles. The smallest absolute Gasteiger partial charge is 0.323 e. The van der Waals surface area contributed by atoms with E-state index in [0.717, 1.165) is 4.90 Å². The van der Waals surface area contributed by atoms with Gasteiger partial charge in [0.15, 0.2) is 6.61 Å². The number of aliphatic carboxylic acids is 1. The van der Waals surface area contributed by atoms with Gasteiger partial charge in [-0.05, 0) is 12.1 Å². The van der Waals surface area contributed by atoms with E-state index < -0.39 is 11.9 Å². The van der Waals surface area contributed by atoms with Gasteiger partial charge in [0, 0.05) is 13.1 Å². The molecule has 0 radical (unpaired) electrons. The molecule has 1 aromatic rings. The molecule has 0 unspecified atom stereocenters. The van der Waals surface area contributed by atoms with Crippen molar-refractivity contribution in [1.29, 1.82) is 0 Å². The van der Waals surface area contributed by atoms with Crippen LogP contribution in [0.1, 0.15) is 0 Å². The van der Waals surface area contributed by atoms with E-state index in [9.17, 15) is 9.59 Å². The minimum Gasteiger partial charge on any atom is -0.497 e. The van der Waals surface area contributed by atoms with Crippen molar-refractivity contribution in [1.82, 2.24) is 4.90 Å². The lowest BCUT2D eigenvalue weighted by atomic mass is 10.3. The van der Waals surface area contributed by atoms with Gasteiger partial charge in [-0.2, -0.15) is 0 Å². The Labute approximate surface area is 105 Å². The quantitative estimate of drug-likeness (QED) is 0.804. The Balaban J connectivity index is 2.49. The number of rotatable bonds is 6. The number of carbonyl (C=O) groups excluding carboxylic acids is 1. The molecule has 0 aliphatic rings. The highest BCUT2D eigenvalue weighted by molar-refractivity contribution is 5.82. The molecule has 1 rings (SSSR count). The van der Waals surface area contributed by atoms with Crippen molar-refractivity contribution < 1.29 is 24.2 Å². The highest BCUT2D eigenvalue weighted by atomic mass is 16.5. The monoisotopic (exact) mass is 253 g/mol. The minimum atomic E-state index is -1.06. The third kappa shape index (κ3) is 4.32. The Kier molecular flexibility index (Phi) is 4.98. The second kappa shape index (κ2) is 6.48. The Morgan fingerprint density at radius 1 is 1.33 bits per heavy atom. The maximum atomic E-state index is 11.5. The number of carboxylic acids is 1. The van der Waals surface area contributed by atoms with Gasteiger partial charge in [-0.15, -0.1) is 0 Å². The zero-order valence-electron chi connectivity index (χ0n) is 10.3. The molecule has 0 aromatic heterocycles. The van der Waals surface area contributed by atoms with Gasteiger partial charge in [0.05, 0.1) is 7.11 Å².